The molecule has 0 bridgehead atoms. The number of nitrogens with zero attached hydrogens (tertiary/aromatic N) is 1. The Morgan fingerprint density at radius 1 is 1.03 bits per heavy atom. The molecule has 1 saturated heterocycles. The third-order valence-corrected chi connectivity index (χ3v) is 6.81. The Balaban J connectivity index is 1.58. The van der Waals surface area contributed by atoms with Crippen molar-refractivity contribution in [3.8, 4) is 5.75 Å². The molecule has 3 aromatic carbocycles. The van der Waals surface area contributed by atoms with Gasteiger partial charge in [-0.3, -0.25) is 19.8 Å². The highest BCUT2D eigenvalue weighted by molar-refractivity contribution is 9.10. The molecule has 10 heteroatoms. The molecule has 1 aliphatic rings. The fourth-order valence-electron chi connectivity index (χ4n) is 3.17. The number of amides is 2. The Morgan fingerprint density at radius 3 is 2.47 bits per heavy atom. The van der Waals surface area contributed by atoms with Crippen molar-refractivity contribution in [2.45, 2.75) is 6.61 Å². The summed E-state index contributed by atoms with van der Waals surface area (Å²) < 4.78 is 6.51. The zero-order chi connectivity index (χ0) is 24.4. The SMILES string of the molecule is O=C1NC(=S)N(c2cccc(Cl)c2Cl)C(=O)/C1=C/c1ccc(OCc2ccc(Cl)cc2)c(Br)c1. The van der Waals surface area contributed by atoms with Crippen molar-refractivity contribution in [2.75, 3.05) is 4.90 Å². The maximum absolute atomic E-state index is 13.2. The van der Waals surface area contributed by atoms with Gasteiger partial charge in [-0.1, -0.05) is 59.1 Å². The number of nitrogens with one attached hydrogen (secondary N) is 1. The van der Waals surface area contributed by atoms with Crippen LogP contribution >= 0.6 is 63.0 Å². The van der Waals surface area contributed by atoms with Gasteiger partial charge >= 0.3 is 0 Å². The van der Waals surface area contributed by atoms with Crippen LogP contribution in [-0.2, 0) is 16.2 Å². The van der Waals surface area contributed by atoms with Crippen LogP contribution in [0.4, 0.5) is 5.69 Å². The second kappa shape index (κ2) is 10.5. The highest BCUT2D eigenvalue weighted by atomic mass is 79.9. The van der Waals surface area contributed by atoms with Crippen molar-refractivity contribution >= 4 is 91.6 Å². The van der Waals surface area contributed by atoms with Crippen molar-refractivity contribution in [1.29, 1.82) is 0 Å². The summed E-state index contributed by atoms with van der Waals surface area (Å²) in [5.74, 6) is -0.620. The molecule has 0 aliphatic carbocycles. The predicted octanol–water partition coefficient (Wildman–Crippen LogP) is 6.82. The van der Waals surface area contributed by atoms with Gasteiger partial charge < -0.3 is 4.74 Å². The molecule has 0 atom stereocenters. The Bertz CT molecular complexity index is 1350. The molecule has 0 saturated carbocycles. The summed E-state index contributed by atoms with van der Waals surface area (Å²) in [6, 6.07) is 17.4. The molecule has 1 heterocycles. The molecule has 0 spiro atoms. The van der Waals surface area contributed by atoms with E-state index in [1.54, 1.807) is 48.5 Å². The zero-order valence-corrected chi connectivity index (χ0v) is 21.8. The average molecular weight is 597 g/mol. The van der Waals surface area contributed by atoms with E-state index in [0.29, 0.717) is 27.4 Å². The first kappa shape index (κ1) is 24.7. The Kier molecular flexibility index (Phi) is 7.60. The zero-order valence-electron chi connectivity index (χ0n) is 17.2. The first-order valence-corrected chi connectivity index (χ1v) is 12.1. The van der Waals surface area contributed by atoms with E-state index in [2.05, 4.69) is 21.2 Å². The van der Waals surface area contributed by atoms with Crippen molar-refractivity contribution in [3.63, 3.8) is 0 Å². The number of ether oxygens (including phenoxy) is 1. The summed E-state index contributed by atoms with van der Waals surface area (Å²) in [7, 11) is 0. The van der Waals surface area contributed by atoms with Gasteiger partial charge in [0.2, 0.25) is 0 Å². The third kappa shape index (κ3) is 5.29. The lowest BCUT2D eigenvalue weighted by atomic mass is 10.1. The molecule has 0 radical (unpaired) electrons. The van der Waals surface area contributed by atoms with E-state index < -0.39 is 11.8 Å². The number of carbonyl (C=O) groups excluding carboxylic acids is 2. The molecule has 172 valence electrons. The molecule has 1 N–H and O–H groups in total. The van der Waals surface area contributed by atoms with Gasteiger partial charge in [-0.15, -0.1) is 0 Å². The number of anilines is 1. The molecule has 5 nitrogen and oxygen atoms in total. The van der Waals surface area contributed by atoms with Gasteiger partial charge in [0.05, 0.1) is 20.2 Å². The van der Waals surface area contributed by atoms with Gasteiger partial charge in [-0.25, -0.2) is 0 Å². The molecular formula is C24H14BrCl3N2O3S. The second-order valence-electron chi connectivity index (χ2n) is 7.14. The average Bonchev–Trinajstić information content (AvgIpc) is 2.80. The van der Waals surface area contributed by atoms with E-state index in [9.17, 15) is 9.59 Å². The Hall–Kier alpha value is -2.42. The number of halogens is 4. The molecule has 3 aromatic rings. The Morgan fingerprint density at radius 2 is 1.76 bits per heavy atom. The first-order valence-electron chi connectivity index (χ1n) is 9.77. The highest BCUT2D eigenvalue weighted by Crippen LogP contribution is 2.35. The molecule has 4 rings (SSSR count). The van der Waals surface area contributed by atoms with E-state index in [1.807, 2.05) is 12.1 Å². The molecule has 0 aromatic heterocycles. The van der Waals surface area contributed by atoms with Crippen molar-refractivity contribution in [2.24, 2.45) is 0 Å². The van der Waals surface area contributed by atoms with E-state index >= 15 is 0 Å². The molecule has 0 unspecified atom stereocenters. The fourth-order valence-corrected chi connectivity index (χ4v) is 4.46. The number of carbonyl (C=O) groups is 2. The minimum absolute atomic E-state index is 0.0801. The lowest BCUT2D eigenvalue weighted by Crippen LogP contribution is -2.54. The van der Waals surface area contributed by atoms with Gasteiger partial charge in [0.25, 0.3) is 11.8 Å². The monoisotopic (exact) mass is 594 g/mol. The summed E-state index contributed by atoms with van der Waals surface area (Å²) in [5.41, 5.74) is 1.74. The standard InChI is InChI=1S/C24H14BrCl3N2O3S/c25-17-11-14(6-9-20(17)33-12-13-4-7-15(26)8-5-13)10-16-22(31)29-24(34)30(23(16)32)19-3-1-2-18(27)21(19)28/h1-11H,12H2,(H,29,31,34)/b16-10+. The van der Waals surface area contributed by atoms with Crippen molar-refractivity contribution < 1.29 is 14.3 Å². The van der Waals surface area contributed by atoms with Crippen molar-refractivity contribution in [3.05, 3.63) is 96.9 Å². The van der Waals surface area contributed by atoms with Crippen LogP contribution in [0.25, 0.3) is 6.08 Å². The van der Waals surface area contributed by atoms with Crippen LogP contribution in [0.2, 0.25) is 15.1 Å². The van der Waals surface area contributed by atoms with E-state index in [4.69, 9.17) is 51.8 Å². The summed E-state index contributed by atoms with van der Waals surface area (Å²) >= 11 is 27.0. The third-order valence-electron chi connectivity index (χ3n) is 4.85. The first-order chi connectivity index (χ1) is 16.2. The minimum Gasteiger partial charge on any atom is -0.488 e. The summed E-state index contributed by atoms with van der Waals surface area (Å²) in [6.07, 6.45) is 1.47. The molecule has 34 heavy (non-hydrogen) atoms. The molecule has 2 amide bonds. The molecular weight excluding hydrogens is 583 g/mol. The second-order valence-corrected chi connectivity index (χ2v) is 9.60. The van der Waals surface area contributed by atoms with E-state index in [-0.39, 0.29) is 26.4 Å². The lowest BCUT2D eigenvalue weighted by molar-refractivity contribution is -0.122. The minimum atomic E-state index is -0.614. The number of benzene rings is 3. The Labute approximate surface area is 224 Å². The smallest absolute Gasteiger partial charge is 0.270 e. The van der Waals surface area contributed by atoms with Gasteiger partial charge in [0.1, 0.15) is 17.9 Å². The lowest BCUT2D eigenvalue weighted by Gasteiger charge is -2.29. The van der Waals surface area contributed by atoms with Crippen LogP contribution < -0.4 is 15.0 Å². The van der Waals surface area contributed by atoms with Crippen LogP contribution in [0.1, 0.15) is 11.1 Å². The summed E-state index contributed by atoms with van der Waals surface area (Å²) in [4.78, 5) is 26.9. The van der Waals surface area contributed by atoms with Crippen molar-refractivity contribution in [1.82, 2.24) is 5.32 Å². The van der Waals surface area contributed by atoms with E-state index in [1.165, 1.54) is 6.08 Å². The van der Waals surface area contributed by atoms with Crippen LogP contribution in [0.3, 0.4) is 0 Å². The van der Waals surface area contributed by atoms with E-state index in [0.717, 1.165) is 10.5 Å². The molecule has 1 aliphatic heterocycles. The van der Waals surface area contributed by atoms with Gasteiger partial charge in [0.15, 0.2) is 5.11 Å². The van der Waals surface area contributed by atoms with Gasteiger partial charge in [0, 0.05) is 5.02 Å². The van der Waals surface area contributed by atoms with Crippen LogP contribution in [0.5, 0.6) is 5.75 Å². The van der Waals surface area contributed by atoms with Crippen LogP contribution in [0.15, 0.2) is 70.7 Å². The quantitative estimate of drug-likeness (QED) is 0.200. The van der Waals surface area contributed by atoms with Crippen LogP contribution in [0, 0.1) is 0 Å². The summed E-state index contributed by atoms with van der Waals surface area (Å²) in [5, 5.41) is 3.51. The topological polar surface area (TPSA) is 58.6 Å². The molecule has 1 fully saturated rings. The number of hydrogen-bond acceptors (Lipinski definition) is 4. The highest BCUT2D eigenvalue weighted by Gasteiger charge is 2.35. The predicted molar refractivity (Wildman–Crippen MR) is 143 cm³/mol. The maximum Gasteiger partial charge on any atom is 0.270 e. The largest absolute Gasteiger partial charge is 0.488 e. The number of rotatable bonds is 5. The number of thiocarbonyl (C=S) groups is 1. The normalized spacial score (nSPS) is 15.0. The number of hydrogen-bond donors (Lipinski definition) is 1. The van der Waals surface area contributed by atoms with Gasteiger partial charge in [-0.2, -0.15) is 0 Å². The fraction of sp³-hybridized carbons (Fsp3) is 0.0417. The van der Waals surface area contributed by atoms with Gasteiger partial charge in [-0.05, 0) is 81.7 Å². The van der Waals surface area contributed by atoms with Crippen LogP contribution in [-0.4, -0.2) is 16.9 Å². The maximum atomic E-state index is 13.2. The summed E-state index contributed by atoms with van der Waals surface area (Å²) in [6.45, 7) is 0.351.